The number of amides is 1. The van der Waals surface area contributed by atoms with Crippen LogP contribution in [0, 0.1) is 0 Å². The number of nitrogens with one attached hydrogen (secondary N) is 1. The van der Waals surface area contributed by atoms with Crippen LogP contribution >= 0.6 is 23.4 Å². The van der Waals surface area contributed by atoms with Crippen LogP contribution in [0.15, 0.2) is 12.1 Å². The Bertz CT molecular complexity index is 450. The molecule has 0 unspecified atom stereocenters. The molecular weight excluding hydrogens is 282 g/mol. The Morgan fingerprint density at radius 1 is 1.47 bits per heavy atom. The maximum Gasteiger partial charge on any atom is 0.274 e. The van der Waals surface area contributed by atoms with E-state index in [1.165, 1.54) is 0 Å². The van der Waals surface area contributed by atoms with Gasteiger partial charge in [-0.05, 0) is 18.6 Å². The first-order valence-electron chi connectivity index (χ1n) is 6.50. The number of pyridine rings is 1. The molecule has 104 valence electrons. The van der Waals surface area contributed by atoms with Crippen LogP contribution in [0.3, 0.4) is 0 Å². The number of carbonyl (C=O) groups is 1. The predicted octanol–water partition coefficient (Wildman–Crippen LogP) is 2.75. The highest BCUT2D eigenvalue weighted by molar-refractivity contribution is 7.99. The molecule has 0 atom stereocenters. The molecule has 0 bridgehead atoms. The van der Waals surface area contributed by atoms with E-state index in [1.54, 1.807) is 12.1 Å². The fourth-order valence-electron chi connectivity index (χ4n) is 1.86. The number of nitrogens with zero attached hydrogens (tertiary/aromatic N) is 2. The van der Waals surface area contributed by atoms with Gasteiger partial charge in [0.15, 0.2) is 0 Å². The molecule has 1 N–H and O–H groups in total. The fourth-order valence-corrected chi connectivity index (χ4v) is 2.95. The Morgan fingerprint density at radius 2 is 2.21 bits per heavy atom. The molecule has 0 radical (unpaired) electrons. The van der Waals surface area contributed by atoms with Crippen molar-refractivity contribution in [1.82, 2.24) is 9.88 Å². The molecule has 1 aliphatic rings. The van der Waals surface area contributed by atoms with E-state index in [4.69, 9.17) is 11.6 Å². The van der Waals surface area contributed by atoms with E-state index >= 15 is 0 Å². The molecule has 1 aliphatic heterocycles. The Kier molecular flexibility index (Phi) is 5.34. The second kappa shape index (κ2) is 7.01. The van der Waals surface area contributed by atoms with Crippen LogP contribution in [0.4, 0.5) is 5.82 Å². The molecule has 0 aromatic carbocycles. The molecule has 1 aromatic heterocycles. The highest BCUT2D eigenvalue weighted by Gasteiger charge is 2.22. The van der Waals surface area contributed by atoms with Crippen molar-refractivity contribution in [3.05, 3.63) is 22.8 Å². The highest BCUT2D eigenvalue weighted by atomic mass is 35.5. The second-order valence-electron chi connectivity index (χ2n) is 4.36. The first-order chi connectivity index (χ1) is 9.22. The Balaban J connectivity index is 2.14. The zero-order valence-electron chi connectivity index (χ0n) is 11.0. The fraction of sp³-hybridized carbons (Fsp3) is 0.538. The summed E-state index contributed by atoms with van der Waals surface area (Å²) in [6.07, 6.45) is 1.01. The SMILES string of the molecule is CCCNc1ccc(Cl)c(C(=O)N2CCSCC2)n1. The van der Waals surface area contributed by atoms with Gasteiger partial charge < -0.3 is 10.2 Å². The summed E-state index contributed by atoms with van der Waals surface area (Å²) in [5.74, 6) is 2.61. The number of thioether (sulfide) groups is 1. The first-order valence-corrected chi connectivity index (χ1v) is 8.03. The Morgan fingerprint density at radius 3 is 2.89 bits per heavy atom. The molecule has 1 saturated heterocycles. The van der Waals surface area contributed by atoms with Gasteiger partial charge in [-0.15, -0.1) is 0 Å². The van der Waals surface area contributed by atoms with E-state index in [2.05, 4.69) is 17.2 Å². The third-order valence-electron chi connectivity index (χ3n) is 2.90. The minimum Gasteiger partial charge on any atom is -0.370 e. The van der Waals surface area contributed by atoms with Crippen molar-refractivity contribution in [2.75, 3.05) is 36.5 Å². The quantitative estimate of drug-likeness (QED) is 0.928. The lowest BCUT2D eigenvalue weighted by Gasteiger charge is -2.26. The van der Waals surface area contributed by atoms with E-state index in [1.807, 2.05) is 16.7 Å². The molecule has 6 heteroatoms. The van der Waals surface area contributed by atoms with Gasteiger partial charge in [0.05, 0.1) is 5.02 Å². The lowest BCUT2D eigenvalue weighted by atomic mass is 10.3. The van der Waals surface area contributed by atoms with Crippen molar-refractivity contribution < 1.29 is 4.79 Å². The van der Waals surface area contributed by atoms with Crippen LogP contribution < -0.4 is 5.32 Å². The lowest BCUT2D eigenvalue weighted by Crippen LogP contribution is -2.38. The summed E-state index contributed by atoms with van der Waals surface area (Å²) in [6, 6.07) is 3.54. The molecule has 2 heterocycles. The molecule has 19 heavy (non-hydrogen) atoms. The summed E-state index contributed by atoms with van der Waals surface area (Å²) in [6.45, 7) is 4.46. The van der Waals surface area contributed by atoms with E-state index in [0.717, 1.165) is 37.6 Å². The predicted molar refractivity (Wildman–Crippen MR) is 81.3 cm³/mol. The van der Waals surface area contributed by atoms with Crippen LogP contribution in [-0.4, -0.2) is 46.9 Å². The molecule has 1 fully saturated rings. The number of rotatable bonds is 4. The summed E-state index contributed by atoms with van der Waals surface area (Å²) in [5, 5.41) is 3.60. The summed E-state index contributed by atoms with van der Waals surface area (Å²) >= 11 is 7.97. The third kappa shape index (κ3) is 3.76. The molecule has 1 aromatic rings. The number of anilines is 1. The first kappa shape index (κ1) is 14.5. The van der Waals surface area contributed by atoms with Gasteiger partial charge in [0.25, 0.3) is 5.91 Å². The monoisotopic (exact) mass is 299 g/mol. The van der Waals surface area contributed by atoms with E-state index in [-0.39, 0.29) is 5.91 Å². The topological polar surface area (TPSA) is 45.2 Å². The van der Waals surface area contributed by atoms with Gasteiger partial charge in [0.1, 0.15) is 11.5 Å². The summed E-state index contributed by atoms with van der Waals surface area (Å²) < 4.78 is 0. The largest absolute Gasteiger partial charge is 0.370 e. The zero-order valence-corrected chi connectivity index (χ0v) is 12.6. The molecule has 2 rings (SSSR count). The van der Waals surface area contributed by atoms with Crippen molar-refractivity contribution in [2.24, 2.45) is 0 Å². The van der Waals surface area contributed by atoms with Gasteiger partial charge in [-0.3, -0.25) is 4.79 Å². The maximum atomic E-state index is 12.4. The Labute approximate surface area is 122 Å². The summed E-state index contributed by atoms with van der Waals surface area (Å²) in [5.41, 5.74) is 0.356. The minimum atomic E-state index is -0.0644. The highest BCUT2D eigenvalue weighted by Crippen LogP contribution is 2.20. The Hall–Kier alpha value is -0.940. The van der Waals surface area contributed by atoms with Crippen LogP contribution in [0.2, 0.25) is 5.02 Å². The summed E-state index contributed by atoms with van der Waals surface area (Å²) in [4.78, 5) is 18.6. The molecule has 0 spiro atoms. The van der Waals surface area contributed by atoms with Gasteiger partial charge in [0.2, 0.25) is 0 Å². The van der Waals surface area contributed by atoms with Crippen LogP contribution in [0.5, 0.6) is 0 Å². The normalized spacial score (nSPS) is 15.4. The molecule has 0 aliphatic carbocycles. The van der Waals surface area contributed by atoms with E-state index in [9.17, 15) is 4.79 Å². The number of hydrogen-bond acceptors (Lipinski definition) is 4. The van der Waals surface area contributed by atoms with Crippen molar-refractivity contribution in [1.29, 1.82) is 0 Å². The van der Waals surface area contributed by atoms with Gasteiger partial charge in [0, 0.05) is 31.1 Å². The molecule has 0 saturated carbocycles. The van der Waals surface area contributed by atoms with Crippen LogP contribution in [0.1, 0.15) is 23.8 Å². The molecule has 4 nitrogen and oxygen atoms in total. The van der Waals surface area contributed by atoms with E-state index in [0.29, 0.717) is 16.5 Å². The van der Waals surface area contributed by atoms with Gasteiger partial charge >= 0.3 is 0 Å². The van der Waals surface area contributed by atoms with Crippen molar-refractivity contribution in [3.63, 3.8) is 0 Å². The second-order valence-corrected chi connectivity index (χ2v) is 5.99. The van der Waals surface area contributed by atoms with E-state index < -0.39 is 0 Å². The van der Waals surface area contributed by atoms with Crippen LogP contribution in [-0.2, 0) is 0 Å². The average molecular weight is 300 g/mol. The zero-order chi connectivity index (χ0) is 13.7. The number of aromatic nitrogens is 1. The lowest BCUT2D eigenvalue weighted by molar-refractivity contribution is 0.0767. The number of hydrogen-bond donors (Lipinski definition) is 1. The van der Waals surface area contributed by atoms with Crippen molar-refractivity contribution in [3.8, 4) is 0 Å². The van der Waals surface area contributed by atoms with Gasteiger partial charge in [-0.25, -0.2) is 4.98 Å². The number of carbonyl (C=O) groups excluding carboxylic acids is 1. The maximum absolute atomic E-state index is 12.4. The minimum absolute atomic E-state index is 0.0644. The average Bonchev–Trinajstić information content (AvgIpc) is 2.46. The van der Waals surface area contributed by atoms with Crippen molar-refractivity contribution >= 4 is 35.1 Å². The summed E-state index contributed by atoms with van der Waals surface area (Å²) in [7, 11) is 0. The van der Waals surface area contributed by atoms with Crippen molar-refractivity contribution in [2.45, 2.75) is 13.3 Å². The van der Waals surface area contributed by atoms with Crippen LogP contribution in [0.25, 0.3) is 0 Å². The van der Waals surface area contributed by atoms with Gasteiger partial charge in [-0.2, -0.15) is 11.8 Å². The third-order valence-corrected chi connectivity index (χ3v) is 4.15. The standard InChI is InChI=1S/C13H18ClN3OS/c1-2-5-15-11-4-3-10(14)12(16-11)13(18)17-6-8-19-9-7-17/h3-4H,2,5-9H2,1H3,(H,15,16). The number of halogens is 1. The smallest absolute Gasteiger partial charge is 0.274 e. The molecule has 1 amide bonds. The van der Waals surface area contributed by atoms with Gasteiger partial charge in [-0.1, -0.05) is 18.5 Å². The molecular formula is C13H18ClN3OS.